The average molecular weight is 226 g/mol. The molecule has 0 heterocycles. The average Bonchev–Trinajstić information content (AvgIpc) is 2.29. The molecule has 0 fully saturated rings. The van der Waals surface area contributed by atoms with Crippen molar-refractivity contribution in [3.8, 4) is 11.5 Å². The predicted octanol–water partition coefficient (Wildman–Crippen LogP) is 2.21. The second-order valence-corrected chi connectivity index (χ2v) is 3.89. The monoisotopic (exact) mass is 226 g/mol. The zero-order chi connectivity index (χ0) is 11.7. The van der Waals surface area contributed by atoms with Crippen molar-refractivity contribution in [1.82, 2.24) is 0 Å². The third-order valence-electron chi connectivity index (χ3n) is 3.00. The van der Waals surface area contributed by atoms with Crippen LogP contribution in [-0.2, 0) is 6.42 Å². The SMILES string of the molecule is COc1cc(F)c2c(c1OC)[C@@H](O)CCC2. The largest absolute Gasteiger partial charge is 0.493 e. The zero-order valence-corrected chi connectivity index (χ0v) is 9.42. The van der Waals surface area contributed by atoms with E-state index in [0.29, 0.717) is 35.5 Å². The molecule has 0 aliphatic heterocycles. The molecule has 1 atom stereocenters. The Kier molecular flexibility index (Phi) is 3.01. The van der Waals surface area contributed by atoms with E-state index in [0.717, 1.165) is 6.42 Å². The highest BCUT2D eigenvalue weighted by Crippen LogP contribution is 2.43. The van der Waals surface area contributed by atoms with Crippen molar-refractivity contribution in [2.75, 3.05) is 14.2 Å². The fourth-order valence-corrected chi connectivity index (χ4v) is 2.25. The highest BCUT2D eigenvalue weighted by molar-refractivity contribution is 5.53. The van der Waals surface area contributed by atoms with E-state index >= 15 is 0 Å². The van der Waals surface area contributed by atoms with Crippen LogP contribution in [0.25, 0.3) is 0 Å². The van der Waals surface area contributed by atoms with Gasteiger partial charge in [0.25, 0.3) is 0 Å². The molecule has 1 aliphatic rings. The Balaban J connectivity index is 2.65. The van der Waals surface area contributed by atoms with Gasteiger partial charge >= 0.3 is 0 Å². The van der Waals surface area contributed by atoms with Gasteiger partial charge < -0.3 is 14.6 Å². The van der Waals surface area contributed by atoms with Crippen LogP contribution in [0.4, 0.5) is 4.39 Å². The molecule has 0 amide bonds. The number of hydrogen-bond donors (Lipinski definition) is 1. The summed E-state index contributed by atoms with van der Waals surface area (Å²) in [5.74, 6) is 0.456. The van der Waals surface area contributed by atoms with Gasteiger partial charge in [-0.1, -0.05) is 0 Å². The van der Waals surface area contributed by atoms with Crippen molar-refractivity contribution in [3.05, 3.63) is 23.0 Å². The molecule has 0 radical (unpaired) electrons. The molecule has 2 rings (SSSR count). The van der Waals surface area contributed by atoms with E-state index in [1.807, 2.05) is 0 Å². The van der Waals surface area contributed by atoms with Crippen LogP contribution in [0.5, 0.6) is 11.5 Å². The van der Waals surface area contributed by atoms with E-state index in [9.17, 15) is 9.50 Å². The van der Waals surface area contributed by atoms with Crippen molar-refractivity contribution >= 4 is 0 Å². The van der Waals surface area contributed by atoms with E-state index in [-0.39, 0.29) is 5.82 Å². The number of ether oxygens (including phenoxy) is 2. The number of halogens is 1. The molecule has 1 aromatic rings. The van der Waals surface area contributed by atoms with E-state index < -0.39 is 6.10 Å². The summed E-state index contributed by atoms with van der Waals surface area (Å²) in [5.41, 5.74) is 1.10. The van der Waals surface area contributed by atoms with Gasteiger partial charge in [0.15, 0.2) is 11.5 Å². The molecule has 0 spiro atoms. The highest BCUT2D eigenvalue weighted by atomic mass is 19.1. The van der Waals surface area contributed by atoms with Gasteiger partial charge in [-0.3, -0.25) is 0 Å². The molecule has 3 nitrogen and oxygen atoms in total. The first kappa shape index (κ1) is 11.2. The van der Waals surface area contributed by atoms with Crippen LogP contribution in [0.3, 0.4) is 0 Å². The number of methoxy groups -OCH3 is 2. The summed E-state index contributed by atoms with van der Waals surface area (Å²) in [7, 11) is 2.95. The second kappa shape index (κ2) is 4.29. The summed E-state index contributed by atoms with van der Waals surface area (Å²) >= 11 is 0. The highest BCUT2D eigenvalue weighted by Gasteiger charge is 2.27. The lowest BCUT2D eigenvalue weighted by atomic mass is 9.88. The van der Waals surface area contributed by atoms with Crippen LogP contribution < -0.4 is 9.47 Å². The first-order chi connectivity index (χ1) is 7.69. The summed E-state index contributed by atoms with van der Waals surface area (Å²) in [6.07, 6.45) is 1.40. The number of rotatable bonds is 2. The van der Waals surface area contributed by atoms with Crippen molar-refractivity contribution in [2.24, 2.45) is 0 Å². The Bertz CT molecular complexity index is 404. The Morgan fingerprint density at radius 1 is 1.38 bits per heavy atom. The van der Waals surface area contributed by atoms with Gasteiger partial charge in [-0.15, -0.1) is 0 Å². The molecule has 1 aromatic carbocycles. The van der Waals surface area contributed by atoms with E-state index in [2.05, 4.69) is 0 Å². The lowest BCUT2D eigenvalue weighted by molar-refractivity contribution is 0.150. The lowest BCUT2D eigenvalue weighted by Gasteiger charge is -2.25. The molecule has 1 aliphatic carbocycles. The van der Waals surface area contributed by atoms with Gasteiger partial charge in [0.05, 0.1) is 20.3 Å². The third-order valence-corrected chi connectivity index (χ3v) is 3.00. The van der Waals surface area contributed by atoms with Gasteiger partial charge in [-0.25, -0.2) is 4.39 Å². The summed E-state index contributed by atoms with van der Waals surface area (Å²) in [5, 5.41) is 9.92. The molecule has 0 bridgehead atoms. The van der Waals surface area contributed by atoms with E-state index in [4.69, 9.17) is 9.47 Å². The second-order valence-electron chi connectivity index (χ2n) is 3.89. The molecular formula is C12H15FO3. The van der Waals surface area contributed by atoms with Crippen molar-refractivity contribution < 1.29 is 19.0 Å². The van der Waals surface area contributed by atoms with Crippen molar-refractivity contribution in [3.63, 3.8) is 0 Å². The number of aliphatic hydroxyl groups is 1. The maximum atomic E-state index is 13.8. The fraction of sp³-hybridized carbons (Fsp3) is 0.500. The standard InChI is InChI=1S/C12H15FO3/c1-15-10-6-8(13)7-4-3-5-9(14)11(7)12(10)16-2/h6,9,14H,3-5H2,1-2H3/t9-/m0/s1. The molecule has 88 valence electrons. The topological polar surface area (TPSA) is 38.7 Å². The molecule has 0 aromatic heterocycles. The fourth-order valence-electron chi connectivity index (χ4n) is 2.25. The van der Waals surface area contributed by atoms with Crippen molar-refractivity contribution in [1.29, 1.82) is 0 Å². The van der Waals surface area contributed by atoms with Crippen molar-refractivity contribution in [2.45, 2.75) is 25.4 Å². The van der Waals surface area contributed by atoms with Crippen LogP contribution in [0.1, 0.15) is 30.1 Å². The minimum atomic E-state index is -0.664. The minimum Gasteiger partial charge on any atom is -0.493 e. The summed E-state index contributed by atoms with van der Waals surface area (Å²) in [6, 6.07) is 1.32. The maximum absolute atomic E-state index is 13.8. The Labute approximate surface area is 93.8 Å². The van der Waals surface area contributed by atoms with Crippen LogP contribution in [0.15, 0.2) is 6.07 Å². The smallest absolute Gasteiger partial charge is 0.166 e. The molecule has 0 unspecified atom stereocenters. The first-order valence-corrected chi connectivity index (χ1v) is 5.30. The quantitative estimate of drug-likeness (QED) is 0.840. The summed E-state index contributed by atoms with van der Waals surface area (Å²) < 4.78 is 24.0. The normalized spacial score (nSPS) is 19.1. The number of fused-ring (bicyclic) bond motifs is 1. The van der Waals surface area contributed by atoms with Crippen LogP contribution in [0, 0.1) is 5.82 Å². The zero-order valence-electron chi connectivity index (χ0n) is 9.42. The third kappa shape index (κ3) is 1.63. The lowest BCUT2D eigenvalue weighted by Crippen LogP contribution is -2.13. The number of benzene rings is 1. The number of hydrogen-bond acceptors (Lipinski definition) is 3. The van der Waals surface area contributed by atoms with Crippen LogP contribution >= 0.6 is 0 Å². The van der Waals surface area contributed by atoms with Gasteiger partial charge in [0.2, 0.25) is 0 Å². The predicted molar refractivity (Wildman–Crippen MR) is 57.4 cm³/mol. The van der Waals surface area contributed by atoms with Gasteiger partial charge in [-0.05, 0) is 24.8 Å². The number of aliphatic hydroxyl groups excluding tert-OH is 1. The molecule has 1 N–H and O–H groups in total. The molecular weight excluding hydrogens is 211 g/mol. The molecule has 0 saturated carbocycles. The molecule has 0 saturated heterocycles. The Morgan fingerprint density at radius 3 is 2.75 bits per heavy atom. The first-order valence-electron chi connectivity index (χ1n) is 5.30. The minimum absolute atomic E-state index is 0.327. The van der Waals surface area contributed by atoms with Gasteiger partial charge in [-0.2, -0.15) is 0 Å². The van der Waals surface area contributed by atoms with E-state index in [1.165, 1.54) is 20.3 Å². The Hall–Kier alpha value is -1.29. The molecule has 4 heteroatoms. The Morgan fingerprint density at radius 2 is 2.12 bits per heavy atom. The summed E-state index contributed by atoms with van der Waals surface area (Å²) in [6.45, 7) is 0. The molecule has 16 heavy (non-hydrogen) atoms. The van der Waals surface area contributed by atoms with Gasteiger partial charge in [0.1, 0.15) is 5.82 Å². The van der Waals surface area contributed by atoms with Crippen LogP contribution in [-0.4, -0.2) is 19.3 Å². The van der Waals surface area contributed by atoms with Crippen LogP contribution in [0.2, 0.25) is 0 Å². The van der Waals surface area contributed by atoms with Gasteiger partial charge in [0, 0.05) is 11.6 Å². The maximum Gasteiger partial charge on any atom is 0.166 e. The van der Waals surface area contributed by atoms with E-state index in [1.54, 1.807) is 0 Å². The summed E-state index contributed by atoms with van der Waals surface area (Å²) in [4.78, 5) is 0.